The summed E-state index contributed by atoms with van der Waals surface area (Å²) in [4.78, 5) is 29.7. The van der Waals surface area contributed by atoms with Crippen LogP contribution in [0.15, 0.2) is 36.5 Å². The van der Waals surface area contributed by atoms with Gasteiger partial charge in [0.1, 0.15) is 11.3 Å². The highest BCUT2D eigenvalue weighted by Gasteiger charge is 2.45. The van der Waals surface area contributed by atoms with E-state index in [0.717, 1.165) is 23.3 Å². The Kier molecular flexibility index (Phi) is 3.84. The Morgan fingerprint density at radius 1 is 1.26 bits per heavy atom. The molecule has 0 unspecified atom stereocenters. The van der Waals surface area contributed by atoms with Crippen molar-refractivity contribution in [3.63, 3.8) is 0 Å². The molecule has 0 spiro atoms. The Balaban J connectivity index is 1.57. The molecule has 7 heteroatoms. The summed E-state index contributed by atoms with van der Waals surface area (Å²) in [7, 11) is 0. The van der Waals surface area contributed by atoms with Crippen molar-refractivity contribution in [2.24, 2.45) is 0 Å². The normalized spacial score (nSPS) is 18.2. The molecule has 2 aromatic rings. The van der Waals surface area contributed by atoms with Gasteiger partial charge in [0.2, 0.25) is 5.88 Å². The molecule has 1 N–H and O–H groups in total. The van der Waals surface area contributed by atoms with Crippen LogP contribution in [0.25, 0.3) is 0 Å². The SMILES string of the molecule is CC1(C)NC(=O)N(c2ccc(Oc3ccc(C#N)cc3C3CC3)nc2)C1=O. The molecule has 1 saturated heterocycles. The predicted molar refractivity (Wildman–Crippen MR) is 97.5 cm³/mol. The van der Waals surface area contributed by atoms with Crippen LogP contribution >= 0.6 is 0 Å². The summed E-state index contributed by atoms with van der Waals surface area (Å²) in [5, 5.41) is 11.7. The Morgan fingerprint density at radius 3 is 2.59 bits per heavy atom. The number of aromatic nitrogens is 1. The standard InChI is InChI=1S/C20H18N4O3/c1-20(2)18(25)24(19(26)23-20)14-6-8-17(22-11-14)27-16-7-3-12(10-21)9-15(16)13-4-5-13/h3,6-9,11,13H,4-5H2,1-2H3,(H,23,26). The Bertz CT molecular complexity index is 972. The van der Waals surface area contributed by atoms with Crippen LogP contribution in [-0.2, 0) is 4.79 Å². The van der Waals surface area contributed by atoms with Gasteiger partial charge in [-0.25, -0.2) is 14.7 Å². The highest BCUT2D eigenvalue weighted by Crippen LogP contribution is 2.45. The summed E-state index contributed by atoms with van der Waals surface area (Å²) in [6.07, 6.45) is 3.60. The molecule has 1 aliphatic carbocycles. The number of ether oxygens (including phenoxy) is 1. The Labute approximate surface area is 156 Å². The predicted octanol–water partition coefficient (Wildman–Crippen LogP) is 3.46. The number of nitrogens with one attached hydrogen (secondary N) is 1. The highest BCUT2D eigenvalue weighted by atomic mass is 16.5. The molecule has 2 aliphatic rings. The number of hydrogen-bond acceptors (Lipinski definition) is 5. The zero-order valence-electron chi connectivity index (χ0n) is 15.0. The number of benzene rings is 1. The summed E-state index contributed by atoms with van der Waals surface area (Å²) in [6, 6.07) is 10.3. The second kappa shape index (κ2) is 6.09. The van der Waals surface area contributed by atoms with Gasteiger partial charge in [0.25, 0.3) is 5.91 Å². The minimum absolute atomic E-state index is 0.328. The van der Waals surface area contributed by atoms with Crippen LogP contribution < -0.4 is 15.0 Å². The number of amides is 3. The topological polar surface area (TPSA) is 95.3 Å². The van der Waals surface area contributed by atoms with E-state index in [1.165, 1.54) is 6.20 Å². The largest absolute Gasteiger partial charge is 0.439 e. The summed E-state index contributed by atoms with van der Waals surface area (Å²) < 4.78 is 5.90. The average molecular weight is 362 g/mol. The molecule has 2 heterocycles. The Hall–Kier alpha value is -3.40. The zero-order chi connectivity index (χ0) is 19.2. The fourth-order valence-corrected chi connectivity index (χ4v) is 3.09. The van der Waals surface area contributed by atoms with Gasteiger partial charge in [0.15, 0.2) is 0 Å². The third-order valence-corrected chi connectivity index (χ3v) is 4.71. The van der Waals surface area contributed by atoms with Gasteiger partial charge in [-0.2, -0.15) is 5.26 Å². The summed E-state index contributed by atoms with van der Waals surface area (Å²) in [6.45, 7) is 3.31. The lowest BCUT2D eigenvalue weighted by Gasteiger charge is -2.16. The molecule has 1 aliphatic heterocycles. The third kappa shape index (κ3) is 3.10. The smallest absolute Gasteiger partial charge is 0.329 e. The molecule has 0 atom stereocenters. The third-order valence-electron chi connectivity index (χ3n) is 4.71. The Morgan fingerprint density at radius 2 is 2.04 bits per heavy atom. The van der Waals surface area contributed by atoms with Crippen molar-refractivity contribution in [1.29, 1.82) is 5.26 Å². The molecule has 27 heavy (non-hydrogen) atoms. The zero-order valence-corrected chi connectivity index (χ0v) is 15.0. The number of carbonyl (C=O) groups excluding carboxylic acids is 2. The van der Waals surface area contributed by atoms with Crippen LogP contribution in [0.2, 0.25) is 0 Å². The summed E-state index contributed by atoms with van der Waals surface area (Å²) >= 11 is 0. The van der Waals surface area contributed by atoms with E-state index in [-0.39, 0.29) is 5.91 Å². The lowest BCUT2D eigenvalue weighted by atomic mass is 10.1. The van der Waals surface area contributed by atoms with Gasteiger partial charge in [-0.1, -0.05) is 0 Å². The summed E-state index contributed by atoms with van der Waals surface area (Å²) in [5.41, 5.74) is 1.07. The fraction of sp³-hybridized carbons (Fsp3) is 0.300. The molecule has 1 aromatic carbocycles. The van der Waals surface area contributed by atoms with E-state index in [0.29, 0.717) is 28.8 Å². The number of carbonyl (C=O) groups is 2. The number of hydrogen-bond donors (Lipinski definition) is 1. The van der Waals surface area contributed by atoms with Gasteiger partial charge in [0, 0.05) is 6.07 Å². The number of anilines is 1. The van der Waals surface area contributed by atoms with Crippen LogP contribution in [0.4, 0.5) is 10.5 Å². The van der Waals surface area contributed by atoms with Crippen molar-refractivity contribution in [1.82, 2.24) is 10.3 Å². The number of rotatable bonds is 4. The van der Waals surface area contributed by atoms with E-state index in [4.69, 9.17) is 10.00 Å². The van der Waals surface area contributed by atoms with Gasteiger partial charge >= 0.3 is 6.03 Å². The summed E-state index contributed by atoms with van der Waals surface area (Å²) in [5.74, 6) is 1.12. The monoisotopic (exact) mass is 362 g/mol. The number of nitriles is 1. The first-order valence-corrected chi connectivity index (χ1v) is 8.74. The molecular weight excluding hydrogens is 344 g/mol. The van der Waals surface area contributed by atoms with Gasteiger partial charge < -0.3 is 10.1 Å². The van der Waals surface area contributed by atoms with Crippen molar-refractivity contribution in [2.45, 2.75) is 38.1 Å². The van der Waals surface area contributed by atoms with E-state index in [2.05, 4.69) is 16.4 Å². The maximum Gasteiger partial charge on any atom is 0.329 e. The van der Waals surface area contributed by atoms with Crippen molar-refractivity contribution in [3.8, 4) is 17.7 Å². The van der Waals surface area contributed by atoms with Crippen molar-refractivity contribution in [3.05, 3.63) is 47.7 Å². The second-order valence-corrected chi connectivity index (χ2v) is 7.29. The van der Waals surface area contributed by atoms with Gasteiger partial charge in [-0.05, 0) is 62.4 Å². The average Bonchev–Trinajstić information content (AvgIpc) is 3.45. The molecule has 3 amide bonds. The van der Waals surface area contributed by atoms with E-state index in [1.807, 2.05) is 6.07 Å². The lowest BCUT2D eigenvalue weighted by molar-refractivity contribution is -0.121. The van der Waals surface area contributed by atoms with E-state index in [1.54, 1.807) is 38.1 Å². The molecule has 4 rings (SSSR count). The van der Waals surface area contributed by atoms with Crippen LogP contribution in [0.5, 0.6) is 11.6 Å². The number of pyridine rings is 1. The van der Waals surface area contributed by atoms with Crippen LogP contribution in [-0.4, -0.2) is 22.5 Å². The van der Waals surface area contributed by atoms with Crippen LogP contribution in [0.1, 0.15) is 43.7 Å². The first-order chi connectivity index (χ1) is 12.9. The van der Waals surface area contributed by atoms with Gasteiger partial charge in [-0.15, -0.1) is 0 Å². The lowest BCUT2D eigenvalue weighted by Crippen LogP contribution is -2.40. The molecule has 0 bridgehead atoms. The van der Waals surface area contributed by atoms with E-state index in [9.17, 15) is 9.59 Å². The number of urea groups is 1. The van der Waals surface area contributed by atoms with Crippen molar-refractivity contribution in [2.75, 3.05) is 4.90 Å². The fourth-order valence-electron chi connectivity index (χ4n) is 3.09. The quantitative estimate of drug-likeness (QED) is 0.841. The van der Waals surface area contributed by atoms with Crippen LogP contribution in [0, 0.1) is 11.3 Å². The first-order valence-electron chi connectivity index (χ1n) is 8.74. The van der Waals surface area contributed by atoms with Gasteiger partial charge in [0.05, 0.1) is 23.5 Å². The molecular formula is C20H18N4O3. The minimum Gasteiger partial charge on any atom is -0.439 e. The van der Waals surface area contributed by atoms with Gasteiger partial charge in [-0.3, -0.25) is 4.79 Å². The first kappa shape index (κ1) is 17.0. The molecule has 7 nitrogen and oxygen atoms in total. The van der Waals surface area contributed by atoms with Crippen molar-refractivity contribution >= 4 is 17.6 Å². The maximum absolute atomic E-state index is 12.4. The minimum atomic E-state index is -0.937. The molecule has 1 aromatic heterocycles. The number of nitrogens with zero attached hydrogens (tertiary/aromatic N) is 3. The maximum atomic E-state index is 12.4. The molecule has 0 radical (unpaired) electrons. The molecule has 136 valence electrons. The second-order valence-electron chi connectivity index (χ2n) is 7.29. The molecule has 1 saturated carbocycles. The van der Waals surface area contributed by atoms with E-state index >= 15 is 0 Å². The van der Waals surface area contributed by atoms with E-state index < -0.39 is 11.6 Å². The molecule has 2 fully saturated rings. The van der Waals surface area contributed by atoms with Crippen molar-refractivity contribution < 1.29 is 14.3 Å². The highest BCUT2D eigenvalue weighted by molar-refractivity contribution is 6.22. The number of imide groups is 1. The van der Waals surface area contributed by atoms with Crippen LogP contribution in [0.3, 0.4) is 0 Å².